The van der Waals surface area contributed by atoms with Gasteiger partial charge < -0.3 is 0 Å². The average molecular weight is 246 g/mol. The minimum Gasteiger partial charge on any atom is -0.296 e. The Morgan fingerprint density at radius 2 is 2.00 bits per heavy atom. The van der Waals surface area contributed by atoms with Gasteiger partial charge in [0.05, 0.1) is 5.69 Å². The van der Waals surface area contributed by atoms with Crippen LogP contribution in [0.3, 0.4) is 0 Å². The Balaban J connectivity index is 2.03. The van der Waals surface area contributed by atoms with Gasteiger partial charge >= 0.3 is 0 Å². The summed E-state index contributed by atoms with van der Waals surface area (Å²) in [5.74, 6) is -0.225. The van der Waals surface area contributed by atoms with Crippen molar-refractivity contribution >= 4 is 6.29 Å². The molecule has 2 aromatic rings. The second kappa shape index (κ2) is 5.58. The maximum atomic E-state index is 12.7. The molecule has 1 aromatic carbocycles. The van der Waals surface area contributed by atoms with Gasteiger partial charge in [0.1, 0.15) is 11.5 Å². The van der Waals surface area contributed by atoms with E-state index < -0.39 is 0 Å². The van der Waals surface area contributed by atoms with Gasteiger partial charge in [0, 0.05) is 6.54 Å². The van der Waals surface area contributed by atoms with Crippen molar-refractivity contribution in [1.29, 1.82) is 0 Å². The molecule has 4 heteroatoms. The van der Waals surface area contributed by atoms with Gasteiger partial charge in [-0.05, 0) is 43.5 Å². The smallest absolute Gasteiger partial charge is 0.168 e. The molecule has 3 nitrogen and oxygen atoms in total. The van der Waals surface area contributed by atoms with E-state index in [-0.39, 0.29) is 5.82 Å². The molecule has 0 aliphatic heterocycles. The summed E-state index contributed by atoms with van der Waals surface area (Å²) >= 11 is 0. The molecule has 0 saturated heterocycles. The first-order valence-corrected chi connectivity index (χ1v) is 5.99. The fraction of sp³-hybridized carbons (Fsp3) is 0.286. The summed E-state index contributed by atoms with van der Waals surface area (Å²) in [4.78, 5) is 10.8. The monoisotopic (exact) mass is 246 g/mol. The van der Waals surface area contributed by atoms with Gasteiger partial charge in [-0.3, -0.25) is 9.48 Å². The third-order valence-corrected chi connectivity index (χ3v) is 2.87. The lowest BCUT2D eigenvalue weighted by Gasteiger charge is -1.99. The molecule has 18 heavy (non-hydrogen) atoms. The van der Waals surface area contributed by atoms with E-state index in [9.17, 15) is 9.18 Å². The zero-order valence-corrected chi connectivity index (χ0v) is 10.3. The van der Waals surface area contributed by atoms with E-state index >= 15 is 0 Å². The standard InChI is InChI=1S/C14H15FN2O/c1-2-17-14(10-18)9-13(16-17)8-5-11-3-6-12(15)7-4-11/h3-4,6-7,9-10H,2,5,8H2,1H3. The van der Waals surface area contributed by atoms with Crippen LogP contribution in [0.15, 0.2) is 30.3 Å². The highest BCUT2D eigenvalue weighted by atomic mass is 19.1. The number of benzene rings is 1. The number of rotatable bonds is 5. The number of carbonyl (C=O) groups excluding carboxylic acids is 1. The highest BCUT2D eigenvalue weighted by Crippen LogP contribution is 2.09. The van der Waals surface area contributed by atoms with Gasteiger partial charge in [-0.2, -0.15) is 5.10 Å². The van der Waals surface area contributed by atoms with Crippen LogP contribution in [-0.4, -0.2) is 16.1 Å². The number of aromatic nitrogens is 2. The molecule has 1 aromatic heterocycles. The highest BCUT2D eigenvalue weighted by Gasteiger charge is 2.05. The quantitative estimate of drug-likeness (QED) is 0.760. The zero-order valence-electron chi connectivity index (χ0n) is 10.3. The molecule has 94 valence electrons. The van der Waals surface area contributed by atoms with Crippen LogP contribution < -0.4 is 0 Å². The van der Waals surface area contributed by atoms with Crippen LogP contribution in [0, 0.1) is 5.82 Å². The summed E-state index contributed by atoms with van der Waals surface area (Å²) in [6, 6.07) is 8.26. The van der Waals surface area contributed by atoms with E-state index in [1.54, 1.807) is 22.9 Å². The Kier molecular flexibility index (Phi) is 3.87. The van der Waals surface area contributed by atoms with E-state index in [1.807, 2.05) is 6.92 Å². The molecule has 0 N–H and O–H groups in total. The van der Waals surface area contributed by atoms with E-state index in [0.29, 0.717) is 12.2 Å². The van der Waals surface area contributed by atoms with Crippen LogP contribution >= 0.6 is 0 Å². The first-order valence-electron chi connectivity index (χ1n) is 5.99. The summed E-state index contributed by atoms with van der Waals surface area (Å²) in [6.45, 7) is 2.63. The van der Waals surface area contributed by atoms with Crippen molar-refractivity contribution in [3.8, 4) is 0 Å². The number of carbonyl (C=O) groups is 1. The van der Waals surface area contributed by atoms with Gasteiger partial charge in [0.25, 0.3) is 0 Å². The Morgan fingerprint density at radius 1 is 1.28 bits per heavy atom. The molecular weight excluding hydrogens is 231 g/mol. The van der Waals surface area contributed by atoms with Crippen molar-refractivity contribution in [2.75, 3.05) is 0 Å². The molecule has 0 spiro atoms. The second-order valence-electron chi connectivity index (χ2n) is 4.12. The summed E-state index contributed by atoms with van der Waals surface area (Å²) in [5.41, 5.74) is 2.56. The zero-order chi connectivity index (χ0) is 13.0. The lowest BCUT2D eigenvalue weighted by molar-refractivity contribution is 0.111. The van der Waals surface area contributed by atoms with Crippen molar-refractivity contribution in [2.45, 2.75) is 26.3 Å². The Labute approximate surface area is 105 Å². The van der Waals surface area contributed by atoms with Crippen LogP contribution in [0.5, 0.6) is 0 Å². The summed E-state index contributed by atoms with van der Waals surface area (Å²) < 4.78 is 14.4. The SMILES string of the molecule is CCn1nc(CCc2ccc(F)cc2)cc1C=O. The van der Waals surface area contributed by atoms with Gasteiger partial charge in [0.2, 0.25) is 0 Å². The Bertz CT molecular complexity index is 531. The molecule has 0 saturated carbocycles. The minimum absolute atomic E-state index is 0.225. The van der Waals surface area contributed by atoms with Crippen molar-refractivity contribution in [1.82, 2.24) is 9.78 Å². The summed E-state index contributed by atoms with van der Waals surface area (Å²) in [7, 11) is 0. The average Bonchev–Trinajstić information content (AvgIpc) is 2.80. The molecule has 0 radical (unpaired) electrons. The third kappa shape index (κ3) is 2.83. The first kappa shape index (κ1) is 12.5. The number of aryl methyl sites for hydroxylation is 3. The normalized spacial score (nSPS) is 10.6. The fourth-order valence-corrected chi connectivity index (χ4v) is 1.88. The fourth-order valence-electron chi connectivity index (χ4n) is 1.88. The van der Waals surface area contributed by atoms with Crippen LogP contribution in [0.25, 0.3) is 0 Å². The number of halogens is 1. The second-order valence-corrected chi connectivity index (χ2v) is 4.12. The molecule has 0 bridgehead atoms. The Hall–Kier alpha value is -1.97. The van der Waals surface area contributed by atoms with E-state index in [4.69, 9.17) is 0 Å². The maximum Gasteiger partial charge on any atom is 0.168 e. The molecule has 0 fully saturated rings. The van der Waals surface area contributed by atoms with Gasteiger partial charge in [-0.15, -0.1) is 0 Å². The number of hydrogen-bond acceptors (Lipinski definition) is 2. The molecule has 0 aliphatic carbocycles. The molecule has 0 unspecified atom stereocenters. The molecule has 0 aliphatic rings. The van der Waals surface area contributed by atoms with Gasteiger partial charge in [-0.1, -0.05) is 12.1 Å². The predicted molar refractivity (Wildman–Crippen MR) is 67.1 cm³/mol. The summed E-state index contributed by atoms with van der Waals surface area (Å²) in [5, 5.41) is 4.34. The first-order chi connectivity index (χ1) is 8.72. The van der Waals surface area contributed by atoms with E-state index in [1.165, 1.54) is 12.1 Å². The number of aldehydes is 1. The minimum atomic E-state index is -0.225. The lowest BCUT2D eigenvalue weighted by Crippen LogP contribution is -2.01. The topological polar surface area (TPSA) is 34.9 Å². The van der Waals surface area contributed by atoms with Crippen molar-refractivity contribution in [2.24, 2.45) is 0 Å². The van der Waals surface area contributed by atoms with E-state index in [2.05, 4.69) is 5.10 Å². The van der Waals surface area contributed by atoms with Crippen molar-refractivity contribution < 1.29 is 9.18 Å². The highest BCUT2D eigenvalue weighted by molar-refractivity contribution is 5.72. The van der Waals surface area contributed by atoms with Gasteiger partial charge in [-0.25, -0.2) is 4.39 Å². The molecule has 0 amide bonds. The van der Waals surface area contributed by atoms with Gasteiger partial charge in [0.15, 0.2) is 6.29 Å². The van der Waals surface area contributed by atoms with Crippen molar-refractivity contribution in [3.05, 3.63) is 53.1 Å². The van der Waals surface area contributed by atoms with Crippen LogP contribution in [0.4, 0.5) is 4.39 Å². The summed E-state index contributed by atoms with van der Waals surface area (Å²) in [6.07, 6.45) is 2.36. The molecule has 0 atom stereocenters. The molecule has 1 heterocycles. The Morgan fingerprint density at radius 3 is 2.56 bits per heavy atom. The third-order valence-electron chi connectivity index (χ3n) is 2.87. The lowest BCUT2D eigenvalue weighted by atomic mass is 10.1. The van der Waals surface area contributed by atoms with Crippen molar-refractivity contribution in [3.63, 3.8) is 0 Å². The predicted octanol–water partition coefficient (Wildman–Crippen LogP) is 2.64. The number of nitrogens with zero attached hydrogens (tertiary/aromatic N) is 2. The maximum absolute atomic E-state index is 12.7. The van der Waals surface area contributed by atoms with Crippen LogP contribution in [0.2, 0.25) is 0 Å². The van der Waals surface area contributed by atoms with E-state index in [0.717, 1.165) is 30.4 Å². The van der Waals surface area contributed by atoms with Crippen LogP contribution in [-0.2, 0) is 19.4 Å². The largest absolute Gasteiger partial charge is 0.296 e. The molecular formula is C14H15FN2O. The number of hydrogen-bond donors (Lipinski definition) is 0. The molecule has 2 rings (SSSR count). The van der Waals surface area contributed by atoms with Crippen LogP contribution in [0.1, 0.15) is 28.7 Å².